The molecule has 2 aromatic rings. The van der Waals surface area contributed by atoms with Gasteiger partial charge in [0.2, 0.25) is 12.5 Å². The molecule has 0 saturated heterocycles. The van der Waals surface area contributed by atoms with E-state index >= 15 is 0 Å². The molecule has 2 aromatic carbocycles. The second-order valence-electron chi connectivity index (χ2n) is 6.64. The molecule has 136 valence electrons. The van der Waals surface area contributed by atoms with Gasteiger partial charge in [-0.3, -0.25) is 9.69 Å². The van der Waals surface area contributed by atoms with Crippen molar-refractivity contribution in [2.75, 3.05) is 27.5 Å². The lowest BCUT2D eigenvalue weighted by atomic mass is 9.87. The van der Waals surface area contributed by atoms with Crippen LogP contribution in [0.2, 0.25) is 0 Å². The van der Waals surface area contributed by atoms with Gasteiger partial charge in [0.15, 0.2) is 17.3 Å². The third-order valence-corrected chi connectivity index (χ3v) is 5.11. The third kappa shape index (κ3) is 2.76. The SMILES string of the molecule is COc1c2c(cc3c1[C@H](CC(=O)c1ccc(O)cc1)N(C)CC3)OCO2. The van der Waals surface area contributed by atoms with Crippen LogP contribution in [0.1, 0.15) is 33.9 Å². The number of phenolic OH excluding ortho intramolecular Hbond substituents is 1. The van der Waals surface area contributed by atoms with Crippen molar-refractivity contribution < 1.29 is 24.1 Å². The Bertz CT molecular complexity index is 846. The van der Waals surface area contributed by atoms with Crippen molar-refractivity contribution >= 4 is 5.78 Å². The van der Waals surface area contributed by atoms with E-state index in [4.69, 9.17) is 14.2 Å². The summed E-state index contributed by atoms with van der Waals surface area (Å²) in [5, 5.41) is 9.43. The van der Waals surface area contributed by atoms with E-state index in [1.54, 1.807) is 19.2 Å². The molecule has 1 atom stereocenters. The molecular weight excluding hydrogens is 334 g/mol. The molecule has 2 heterocycles. The molecule has 2 aliphatic rings. The van der Waals surface area contributed by atoms with Gasteiger partial charge in [0, 0.05) is 30.1 Å². The molecule has 0 amide bonds. The third-order valence-electron chi connectivity index (χ3n) is 5.11. The Kier molecular flexibility index (Phi) is 4.20. The van der Waals surface area contributed by atoms with Crippen LogP contribution in [-0.2, 0) is 6.42 Å². The van der Waals surface area contributed by atoms with Gasteiger partial charge in [0.1, 0.15) is 5.75 Å². The highest BCUT2D eigenvalue weighted by Gasteiger charge is 2.35. The first-order valence-corrected chi connectivity index (χ1v) is 8.60. The van der Waals surface area contributed by atoms with Crippen LogP contribution in [0.15, 0.2) is 30.3 Å². The van der Waals surface area contributed by atoms with Gasteiger partial charge in [0.25, 0.3) is 0 Å². The van der Waals surface area contributed by atoms with Gasteiger partial charge in [-0.05, 0) is 49.4 Å². The number of phenols is 1. The maximum Gasteiger partial charge on any atom is 0.231 e. The molecule has 0 aliphatic carbocycles. The first kappa shape index (κ1) is 16.7. The van der Waals surface area contributed by atoms with E-state index in [-0.39, 0.29) is 24.4 Å². The molecule has 4 rings (SSSR count). The van der Waals surface area contributed by atoms with Crippen LogP contribution in [0, 0.1) is 0 Å². The summed E-state index contributed by atoms with van der Waals surface area (Å²) < 4.78 is 16.8. The average Bonchev–Trinajstić information content (AvgIpc) is 3.11. The molecular formula is C20H21NO5. The number of methoxy groups -OCH3 is 1. The Labute approximate surface area is 151 Å². The number of ketones is 1. The molecule has 2 aliphatic heterocycles. The molecule has 0 radical (unpaired) electrons. The predicted octanol–water partition coefficient (Wildman–Crippen LogP) is 2.93. The molecule has 0 spiro atoms. The molecule has 0 aromatic heterocycles. The fraction of sp³-hybridized carbons (Fsp3) is 0.350. The Balaban J connectivity index is 1.71. The number of benzene rings is 2. The van der Waals surface area contributed by atoms with E-state index in [0.717, 1.165) is 24.1 Å². The molecule has 0 unspecified atom stereocenters. The lowest BCUT2D eigenvalue weighted by Crippen LogP contribution is -2.34. The van der Waals surface area contributed by atoms with E-state index in [1.165, 1.54) is 12.1 Å². The predicted molar refractivity (Wildman–Crippen MR) is 95.2 cm³/mol. The highest BCUT2D eigenvalue weighted by Crippen LogP contribution is 2.50. The number of nitrogens with zero attached hydrogens (tertiary/aromatic N) is 1. The van der Waals surface area contributed by atoms with Gasteiger partial charge < -0.3 is 19.3 Å². The molecule has 6 nitrogen and oxygen atoms in total. The van der Waals surface area contributed by atoms with Crippen molar-refractivity contribution in [2.45, 2.75) is 18.9 Å². The minimum Gasteiger partial charge on any atom is -0.508 e. The Morgan fingerprint density at radius 2 is 2.08 bits per heavy atom. The highest BCUT2D eigenvalue weighted by atomic mass is 16.7. The van der Waals surface area contributed by atoms with Crippen molar-refractivity contribution in [3.8, 4) is 23.0 Å². The van der Waals surface area contributed by atoms with Crippen molar-refractivity contribution in [3.63, 3.8) is 0 Å². The summed E-state index contributed by atoms with van der Waals surface area (Å²) in [6, 6.07) is 8.26. The molecule has 6 heteroatoms. The maximum atomic E-state index is 12.8. The zero-order valence-corrected chi connectivity index (χ0v) is 14.8. The first-order chi connectivity index (χ1) is 12.6. The van der Waals surface area contributed by atoms with Crippen LogP contribution < -0.4 is 14.2 Å². The number of rotatable bonds is 4. The van der Waals surface area contributed by atoms with E-state index in [2.05, 4.69) is 4.90 Å². The summed E-state index contributed by atoms with van der Waals surface area (Å²) in [4.78, 5) is 15.0. The van der Waals surface area contributed by atoms with E-state index in [9.17, 15) is 9.90 Å². The van der Waals surface area contributed by atoms with Gasteiger partial charge in [-0.25, -0.2) is 0 Å². The topological polar surface area (TPSA) is 68.2 Å². The quantitative estimate of drug-likeness (QED) is 0.851. The Morgan fingerprint density at radius 3 is 2.81 bits per heavy atom. The van der Waals surface area contributed by atoms with Crippen LogP contribution >= 0.6 is 0 Å². The van der Waals surface area contributed by atoms with Crippen LogP contribution in [0.3, 0.4) is 0 Å². The Hall–Kier alpha value is -2.73. The smallest absolute Gasteiger partial charge is 0.231 e. The number of carbonyl (C=O) groups is 1. The second kappa shape index (κ2) is 6.53. The average molecular weight is 355 g/mol. The van der Waals surface area contributed by atoms with Gasteiger partial charge in [-0.1, -0.05) is 0 Å². The maximum absolute atomic E-state index is 12.8. The number of hydrogen-bond donors (Lipinski definition) is 1. The minimum atomic E-state index is -0.107. The van der Waals surface area contributed by atoms with Crippen molar-refractivity contribution in [1.82, 2.24) is 4.90 Å². The summed E-state index contributed by atoms with van der Waals surface area (Å²) in [5.74, 6) is 2.15. The lowest BCUT2D eigenvalue weighted by molar-refractivity contribution is 0.0925. The monoisotopic (exact) mass is 355 g/mol. The van der Waals surface area contributed by atoms with E-state index < -0.39 is 0 Å². The normalized spacial score (nSPS) is 18.5. The number of fused-ring (bicyclic) bond motifs is 2. The van der Waals surface area contributed by atoms with Crippen LogP contribution in [0.5, 0.6) is 23.0 Å². The standard InChI is InChI=1S/C20H21NO5/c1-21-8-7-13-9-17-19(26-11-25-17)20(24-2)18(13)15(21)10-16(23)12-3-5-14(22)6-4-12/h3-6,9,15,22H,7-8,10-11H2,1-2H3/t15-/m0/s1. The number of likely N-dealkylation sites (N-methyl/N-ethyl adjacent to an activating group) is 1. The minimum absolute atomic E-state index is 0.0226. The molecule has 0 saturated carbocycles. The summed E-state index contributed by atoms with van der Waals surface area (Å²) in [6.07, 6.45) is 1.19. The second-order valence-corrected chi connectivity index (χ2v) is 6.64. The number of ether oxygens (including phenoxy) is 3. The number of carbonyl (C=O) groups excluding carboxylic acids is 1. The number of hydrogen-bond acceptors (Lipinski definition) is 6. The van der Waals surface area contributed by atoms with Gasteiger partial charge >= 0.3 is 0 Å². The van der Waals surface area contributed by atoms with Crippen molar-refractivity contribution in [3.05, 3.63) is 47.0 Å². The van der Waals surface area contributed by atoms with Gasteiger partial charge in [0.05, 0.1) is 7.11 Å². The highest BCUT2D eigenvalue weighted by molar-refractivity contribution is 5.96. The van der Waals surface area contributed by atoms with Crippen LogP contribution in [0.25, 0.3) is 0 Å². The fourth-order valence-corrected chi connectivity index (χ4v) is 3.72. The summed E-state index contributed by atoms with van der Waals surface area (Å²) in [5.41, 5.74) is 2.72. The summed E-state index contributed by atoms with van der Waals surface area (Å²) >= 11 is 0. The van der Waals surface area contributed by atoms with Crippen LogP contribution in [0.4, 0.5) is 0 Å². The Morgan fingerprint density at radius 1 is 1.31 bits per heavy atom. The van der Waals surface area contributed by atoms with Crippen molar-refractivity contribution in [1.29, 1.82) is 0 Å². The van der Waals surface area contributed by atoms with Crippen molar-refractivity contribution in [2.24, 2.45) is 0 Å². The molecule has 1 N–H and O–H groups in total. The summed E-state index contributed by atoms with van der Waals surface area (Å²) in [6.45, 7) is 1.03. The first-order valence-electron chi connectivity index (χ1n) is 8.60. The lowest BCUT2D eigenvalue weighted by Gasteiger charge is -2.35. The number of Topliss-reactive ketones (excluding diaryl/α,β-unsaturated/α-hetero) is 1. The number of aromatic hydroxyl groups is 1. The van der Waals surface area contributed by atoms with E-state index in [0.29, 0.717) is 29.2 Å². The fourth-order valence-electron chi connectivity index (χ4n) is 3.72. The zero-order valence-electron chi connectivity index (χ0n) is 14.8. The molecule has 0 fully saturated rings. The molecule has 0 bridgehead atoms. The molecule has 26 heavy (non-hydrogen) atoms. The zero-order chi connectivity index (χ0) is 18.3. The van der Waals surface area contributed by atoms with Gasteiger partial charge in [-0.2, -0.15) is 0 Å². The van der Waals surface area contributed by atoms with Crippen LogP contribution in [-0.4, -0.2) is 43.3 Å². The largest absolute Gasteiger partial charge is 0.508 e. The summed E-state index contributed by atoms with van der Waals surface area (Å²) in [7, 11) is 3.63. The van der Waals surface area contributed by atoms with E-state index in [1.807, 2.05) is 13.1 Å². The van der Waals surface area contributed by atoms with Gasteiger partial charge in [-0.15, -0.1) is 0 Å².